The summed E-state index contributed by atoms with van der Waals surface area (Å²) in [5, 5.41) is 6.34. The Labute approximate surface area is 136 Å². The van der Waals surface area contributed by atoms with Gasteiger partial charge in [-0.15, -0.1) is 0 Å². The van der Waals surface area contributed by atoms with Gasteiger partial charge in [-0.2, -0.15) is 0 Å². The van der Waals surface area contributed by atoms with Crippen molar-refractivity contribution >= 4 is 25.0 Å². The van der Waals surface area contributed by atoms with Gasteiger partial charge < -0.3 is 9.84 Å². The zero-order chi connectivity index (χ0) is 16.2. The van der Waals surface area contributed by atoms with Crippen molar-refractivity contribution in [1.29, 1.82) is 0 Å². The minimum atomic E-state index is -3.14. The van der Waals surface area contributed by atoms with Gasteiger partial charge in [0.05, 0.1) is 6.04 Å². The molecule has 2 atom stereocenters. The fraction of sp³-hybridized carbons (Fsp3) is 0.533. The van der Waals surface area contributed by atoms with E-state index in [1.807, 2.05) is 0 Å². The van der Waals surface area contributed by atoms with Crippen molar-refractivity contribution in [1.82, 2.24) is 10.4 Å². The maximum Gasteiger partial charge on any atom is 0.314 e. The summed E-state index contributed by atoms with van der Waals surface area (Å²) in [6.07, 6.45) is 4.34. The number of hydrogen-bond donors (Lipinski definition) is 2. The molecule has 2 N–H and O–H groups in total. The normalized spacial score (nSPS) is 19.4. The fourth-order valence-corrected chi connectivity index (χ4v) is 4.05. The summed E-state index contributed by atoms with van der Waals surface area (Å²) < 4.78 is 17.9. The molecule has 0 bridgehead atoms. The summed E-state index contributed by atoms with van der Waals surface area (Å²) in [7, 11) is -3.14. The Kier molecular flexibility index (Phi) is 5.90. The molecule has 1 fully saturated rings. The second-order valence-corrected chi connectivity index (χ2v) is 8.30. The largest absolute Gasteiger partial charge is 0.433 e. The van der Waals surface area contributed by atoms with Crippen LogP contribution in [0.1, 0.15) is 32.6 Å². The van der Waals surface area contributed by atoms with Gasteiger partial charge in [-0.1, -0.05) is 24.4 Å². The van der Waals surface area contributed by atoms with Gasteiger partial charge >= 0.3 is 7.52 Å². The monoisotopic (exact) mass is 344 g/mol. The second-order valence-electron chi connectivity index (χ2n) is 5.73. The van der Waals surface area contributed by atoms with Crippen LogP contribution in [0.15, 0.2) is 24.3 Å². The van der Waals surface area contributed by atoms with Gasteiger partial charge in [0.15, 0.2) is 0 Å². The van der Waals surface area contributed by atoms with Gasteiger partial charge in [0.1, 0.15) is 5.75 Å². The van der Waals surface area contributed by atoms with E-state index in [1.54, 1.807) is 31.2 Å². The topological polar surface area (TPSA) is 67.4 Å². The van der Waals surface area contributed by atoms with Gasteiger partial charge in [-0.05, 0) is 44.0 Å². The lowest BCUT2D eigenvalue weighted by Crippen LogP contribution is -2.44. The van der Waals surface area contributed by atoms with Crippen LogP contribution in [0.5, 0.6) is 5.75 Å². The first-order valence-electron chi connectivity index (χ1n) is 7.46. The molecule has 0 radical (unpaired) electrons. The Bertz CT molecular complexity index is 558. The summed E-state index contributed by atoms with van der Waals surface area (Å²) in [5.74, 6) is 0.305. The third kappa shape index (κ3) is 5.31. The lowest BCUT2D eigenvalue weighted by molar-refractivity contribution is -0.123. The predicted molar refractivity (Wildman–Crippen MR) is 88.6 cm³/mol. The maximum atomic E-state index is 12.5. The molecule has 0 heterocycles. The highest BCUT2D eigenvalue weighted by Crippen LogP contribution is 2.39. The minimum Gasteiger partial charge on any atom is -0.433 e. The van der Waals surface area contributed by atoms with Crippen LogP contribution in [0, 0.1) is 0 Å². The first kappa shape index (κ1) is 17.3. The van der Waals surface area contributed by atoms with Crippen molar-refractivity contribution in [2.24, 2.45) is 0 Å². The Balaban J connectivity index is 1.87. The fourth-order valence-electron chi connectivity index (χ4n) is 2.53. The standard InChI is InChI=1S/C15H22ClN2O3P/c1-11(15(19)17-13-5-3-4-6-13)18-22(2,20)21-14-9-7-12(16)8-10-14/h7-11,13H,3-6H2,1-2H3,(H,17,19)(H,18,20)/t11-,22?/m0/s1. The number of halogens is 1. The first-order valence-corrected chi connectivity index (χ1v) is 9.91. The van der Waals surface area contributed by atoms with Gasteiger partial charge in [0.25, 0.3) is 0 Å². The quantitative estimate of drug-likeness (QED) is 0.774. The summed E-state index contributed by atoms with van der Waals surface area (Å²) >= 11 is 5.80. The highest BCUT2D eigenvalue weighted by molar-refractivity contribution is 7.56. The molecule has 7 heteroatoms. The molecule has 0 saturated heterocycles. The maximum absolute atomic E-state index is 12.5. The van der Waals surface area contributed by atoms with E-state index in [0.717, 1.165) is 25.7 Å². The third-order valence-electron chi connectivity index (χ3n) is 3.62. The number of rotatable bonds is 6. The summed E-state index contributed by atoms with van der Waals surface area (Å²) in [6, 6.07) is 6.27. The summed E-state index contributed by atoms with van der Waals surface area (Å²) in [4.78, 5) is 12.1. The van der Waals surface area contributed by atoms with Crippen LogP contribution < -0.4 is 14.9 Å². The van der Waals surface area contributed by atoms with Crippen molar-refractivity contribution in [3.05, 3.63) is 29.3 Å². The smallest absolute Gasteiger partial charge is 0.314 e. The molecule has 1 aromatic carbocycles. The number of nitrogens with one attached hydrogen (secondary N) is 2. The summed E-state index contributed by atoms with van der Waals surface area (Å²) in [6.45, 7) is 3.15. The molecular formula is C15H22ClN2O3P. The Hall–Kier alpha value is -1.03. The van der Waals surface area contributed by atoms with Gasteiger partial charge in [0, 0.05) is 17.7 Å². The molecule has 1 aromatic rings. The minimum absolute atomic E-state index is 0.145. The number of benzene rings is 1. The lowest BCUT2D eigenvalue weighted by atomic mass is 10.2. The van der Waals surface area contributed by atoms with Crippen molar-refractivity contribution in [3.63, 3.8) is 0 Å². The van der Waals surface area contributed by atoms with E-state index in [4.69, 9.17) is 16.1 Å². The van der Waals surface area contributed by atoms with E-state index >= 15 is 0 Å². The molecule has 1 amide bonds. The highest BCUT2D eigenvalue weighted by Gasteiger charge is 2.26. The molecule has 0 aromatic heterocycles. The van der Waals surface area contributed by atoms with Gasteiger partial charge in [0.2, 0.25) is 5.91 Å². The van der Waals surface area contributed by atoms with Crippen LogP contribution >= 0.6 is 19.1 Å². The average Bonchev–Trinajstić information content (AvgIpc) is 2.93. The van der Waals surface area contributed by atoms with Crippen molar-refractivity contribution in [2.45, 2.75) is 44.7 Å². The van der Waals surface area contributed by atoms with Gasteiger partial charge in [-0.3, -0.25) is 9.36 Å². The van der Waals surface area contributed by atoms with E-state index in [1.165, 1.54) is 6.66 Å². The van der Waals surface area contributed by atoms with Crippen molar-refractivity contribution in [3.8, 4) is 5.75 Å². The van der Waals surface area contributed by atoms with Crippen LogP contribution in [0.4, 0.5) is 0 Å². The molecule has 0 aliphatic heterocycles. The molecule has 1 aliphatic carbocycles. The first-order chi connectivity index (χ1) is 10.4. The Morgan fingerprint density at radius 1 is 1.32 bits per heavy atom. The van der Waals surface area contributed by atoms with E-state index in [0.29, 0.717) is 10.8 Å². The van der Waals surface area contributed by atoms with E-state index in [9.17, 15) is 9.36 Å². The second kappa shape index (κ2) is 7.49. The van der Waals surface area contributed by atoms with Crippen LogP contribution in [0.2, 0.25) is 5.02 Å². The predicted octanol–water partition coefficient (Wildman–Crippen LogP) is 3.58. The van der Waals surface area contributed by atoms with Crippen LogP contribution in [-0.2, 0) is 9.36 Å². The van der Waals surface area contributed by atoms with E-state index in [2.05, 4.69) is 10.4 Å². The third-order valence-corrected chi connectivity index (χ3v) is 5.28. The summed E-state index contributed by atoms with van der Waals surface area (Å²) in [5.41, 5.74) is 0. The number of amides is 1. The van der Waals surface area contributed by atoms with E-state index < -0.39 is 13.6 Å². The number of hydrogen-bond acceptors (Lipinski definition) is 3. The zero-order valence-corrected chi connectivity index (χ0v) is 14.5. The number of carbonyl (C=O) groups excluding carboxylic acids is 1. The number of carbonyl (C=O) groups is 1. The van der Waals surface area contributed by atoms with Crippen molar-refractivity contribution < 1.29 is 13.9 Å². The molecule has 1 aliphatic rings. The molecule has 5 nitrogen and oxygen atoms in total. The highest BCUT2D eigenvalue weighted by atomic mass is 35.5. The average molecular weight is 345 g/mol. The molecule has 0 spiro atoms. The van der Waals surface area contributed by atoms with Crippen LogP contribution in [0.3, 0.4) is 0 Å². The van der Waals surface area contributed by atoms with Crippen molar-refractivity contribution in [2.75, 3.05) is 6.66 Å². The van der Waals surface area contributed by atoms with Crippen LogP contribution in [0.25, 0.3) is 0 Å². The van der Waals surface area contributed by atoms with Gasteiger partial charge in [-0.25, -0.2) is 5.09 Å². The molecule has 1 saturated carbocycles. The SMILES string of the molecule is C[C@H](NP(C)(=O)Oc1ccc(Cl)cc1)C(=O)NC1CCCC1. The molecule has 122 valence electrons. The zero-order valence-electron chi connectivity index (χ0n) is 12.8. The Morgan fingerprint density at radius 2 is 1.91 bits per heavy atom. The lowest BCUT2D eigenvalue weighted by Gasteiger charge is -2.22. The molecule has 2 rings (SSSR count). The molecule has 22 heavy (non-hydrogen) atoms. The molecular weight excluding hydrogens is 323 g/mol. The van der Waals surface area contributed by atoms with E-state index in [-0.39, 0.29) is 11.9 Å². The Morgan fingerprint density at radius 3 is 2.50 bits per heavy atom. The van der Waals surface area contributed by atoms with Crippen LogP contribution in [-0.4, -0.2) is 24.7 Å². The molecule has 1 unspecified atom stereocenters.